The summed E-state index contributed by atoms with van der Waals surface area (Å²) in [5.74, 6) is 0.735. The van der Waals surface area contributed by atoms with Crippen molar-refractivity contribution in [2.45, 2.75) is 12.5 Å². The second kappa shape index (κ2) is 12.1. The van der Waals surface area contributed by atoms with E-state index in [4.69, 9.17) is 4.74 Å². The van der Waals surface area contributed by atoms with Gasteiger partial charge < -0.3 is 9.64 Å². The van der Waals surface area contributed by atoms with Gasteiger partial charge in [0.1, 0.15) is 5.75 Å². The Morgan fingerprint density at radius 3 is 2.00 bits per heavy atom. The van der Waals surface area contributed by atoms with E-state index in [-0.39, 0.29) is 18.6 Å². The summed E-state index contributed by atoms with van der Waals surface area (Å²) in [6, 6.07) is 28.8. The number of ether oxygens (including phenoxy) is 1. The summed E-state index contributed by atoms with van der Waals surface area (Å²) < 4.78 is 17.6. The molecule has 1 amide bonds. The van der Waals surface area contributed by atoms with Gasteiger partial charge in [0.05, 0.1) is 19.3 Å². The maximum atomic E-state index is 12.8. The minimum atomic E-state index is -0.379. The van der Waals surface area contributed by atoms with Gasteiger partial charge in [-0.15, -0.1) is 0 Å². The molecule has 1 heterocycles. The Kier molecular flexibility index (Phi) is 8.47. The summed E-state index contributed by atoms with van der Waals surface area (Å²) in [7, 11) is 0. The van der Waals surface area contributed by atoms with Crippen LogP contribution in [0.2, 0.25) is 0 Å². The van der Waals surface area contributed by atoms with Gasteiger partial charge in [0.25, 0.3) is 0 Å². The maximum absolute atomic E-state index is 12.8. The smallest absolute Gasteiger partial charge is 0.246 e. The molecule has 0 spiro atoms. The molecule has 3 aromatic rings. The van der Waals surface area contributed by atoms with Crippen molar-refractivity contribution in [3.05, 3.63) is 108 Å². The maximum Gasteiger partial charge on any atom is 0.246 e. The number of carbonyl (C=O) groups excluding carboxylic acids is 1. The highest BCUT2D eigenvalue weighted by Gasteiger charge is 2.27. The van der Waals surface area contributed by atoms with Crippen LogP contribution in [-0.4, -0.2) is 55.2 Å². The predicted octanol–water partition coefficient (Wildman–Crippen LogP) is 5.37. The quantitative estimate of drug-likeness (QED) is 0.319. The number of carbonyl (C=O) groups is 1. The molecular formula is C29H31FN2O2. The van der Waals surface area contributed by atoms with Gasteiger partial charge in [-0.05, 0) is 34.9 Å². The number of halogens is 1. The molecule has 0 radical (unpaired) electrons. The highest BCUT2D eigenvalue weighted by molar-refractivity contribution is 5.91. The number of rotatable bonds is 9. The molecule has 0 aromatic heterocycles. The Morgan fingerprint density at radius 2 is 1.44 bits per heavy atom. The summed E-state index contributed by atoms with van der Waals surface area (Å²) in [5, 5.41) is 0. The lowest BCUT2D eigenvalue weighted by molar-refractivity contribution is -0.127. The van der Waals surface area contributed by atoms with Gasteiger partial charge in [-0.1, -0.05) is 72.8 Å². The third kappa shape index (κ3) is 6.33. The van der Waals surface area contributed by atoms with Gasteiger partial charge in [0.15, 0.2) is 0 Å². The molecule has 0 bridgehead atoms. The monoisotopic (exact) mass is 458 g/mol. The van der Waals surface area contributed by atoms with Gasteiger partial charge in [-0.3, -0.25) is 14.1 Å². The average Bonchev–Trinajstić information content (AvgIpc) is 2.90. The molecule has 0 aliphatic carbocycles. The number of hydrogen-bond acceptors (Lipinski definition) is 3. The summed E-state index contributed by atoms with van der Waals surface area (Å²) in [6.45, 7) is 3.02. The Bertz CT molecular complexity index is 1010. The van der Waals surface area contributed by atoms with E-state index in [2.05, 4.69) is 53.4 Å². The van der Waals surface area contributed by atoms with Crippen LogP contribution in [-0.2, 0) is 4.79 Å². The first kappa shape index (κ1) is 23.7. The number of benzene rings is 3. The second-order valence-electron chi connectivity index (χ2n) is 8.38. The normalized spacial score (nSPS) is 14.6. The molecule has 1 aliphatic heterocycles. The topological polar surface area (TPSA) is 32.8 Å². The highest BCUT2D eigenvalue weighted by atomic mass is 19.1. The molecule has 1 saturated heterocycles. The molecule has 0 N–H and O–H groups in total. The van der Waals surface area contributed by atoms with E-state index in [1.54, 1.807) is 6.08 Å². The molecule has 0 saturated carbocycles. The molecule has 0 unspecified atom stereocenters. The SMILES string of the molecule is O=C(C=Cc1ccc(OCCCF)cc1)N1CCN(C(c2ccccc2)c2ccccc2)CC1. The van der Waals surface area contributed by atoms with Crippen LogP contribution < -0.4 is 4.74 Å². The minimum Gasteiger partial charge on any atom is -0.493 e. The van der Waals surface area contributed by atoms with Crippen LogP contribution in [0, 0.1) is 0 Å². The molecule has 4 nitrogen and oxygen atoms in total. The highest BCUT2D eigenvalue weighted by Crippen LogP contribution is 2.29. The molecule has 5 heteroatoms. The summed E-state index contributed by atoms with van der Waals surface area (Å²) in [5.41, 5.74) is 3.47. The average molecular weight is 459 g/mol. The Balaban J connectivity index is 1.34. The Hall–Kier alpha value is -3.44. The van der Waals surface area contributed by atoms with Crippen molar-refractivity contribution in [2.75, 3.05) is 39.5 Å². The minimum absolute atomic E-state index is 0.0268. The molecule has 1 fully saturated rings. The zero-order valence-corrected chi connectivity index (χ0v) is 19.4. The number of nitrogens with zero attached hydrogens (tertiary/aromatic N) is 2. The Morgan fingerprint density at radius 1 is 0.853 bits per heavy atom. The molecule has 1 aliphatic rings. The zero-order valence-electron chi connectivity index (χ0n) is 19.4. The van der Waals surface area contributed by atoms with Crippen molar-refractivity contribution in [3.63, 3.8) is 0 Å². The van der Waals surface area contributed by atoms with Crippen LogP contribution in [0.4, 0.5) is 4.39 Å². The fourth-order valence-electron chi connectivity index (χ4n) is 4.28. The van der Waals surface area contributed by atoms with E-state index in [0.717, 1.165) is 18.7 Å². The molecule has 3 aromatic carbocycles. The summed E-state index contributed by atoms with van der Waals surface area (Å²) >= 11 is 0. The van der Waals surface area contributed by atoms with E-state index in [1.807, 2.05) is 47.4 Å². The van der Waals surface area contributed by atoms with Gasteiger partial charge in [0, 0.05) is 38.7 Å². The predicted molar refractivity (Wildman–Crippen MR) is 134 cm³/mol. The van der Waals surface area contributed by atoms with Gasteiger partial charge in [-0.25, -0.2) is 0 Å². The lowest BCUT2D eigenvalue weighted by Gasteiger charge is -2.39. The van der Waals surface area contributed by atoms with E-state index in [9.17, 15) is 9.18 Å². The van der Waals surface area contributed by atoms with Gasteiger partial charge in [0.2, 0.25) is 5.91 Å². The number of alkyl halides is 1. The third-order valence-electron chi connectivity index (χ3n) is 6.07. The first-order chi connectivity index (χ1) is 16.7. The summed E-state index contributed by atoms with van der Waals surface area (Å²) in [4.78, 5) is 17.2. The molecule has 176 valence electrons. The largest absolute Gasteiger partial charge is 0.493 e. The van der Waals surface area contributed by atoms with Crippen molar-refractivity contribution in [1.29, 1.82) is 0 Å². The standard InChI is InChI=1S/C29H31FN2O2/c30-18-7-23-34-27-15-12-24(13-16-27)14-17-28(33)31-19-21-32(22-20-31)29(25-8-3-1-4-9-25)26-10-5-2-6-11-26/h1-6,8-17,29H,7,18-23H2. The lowest BCUT2D eigenvalue weighted by atomic mass is 9.96. The lowest BCUT2D eigenvalue weighted by Crippen LogP contribution is -2.49. The van der Waals surface area contributed by atoms with E-state index in [1.165, 1.54) is 11.1 Å². The fraction of sp³-hybridized carbons (Fsp3) is 0.276. The molecule has 34 heavy (non-hydrogen) atoms. The number of hydrogen-bond donors (Lipinski definition) is 0. The van der Waals surface area contributed by atoms with E-state index >= 15 is 0 Å². The first-order valence-corrected chi connectivity index (χ1v) is 11.8. The molecule has 4 rings (SSSR count). The van der Waals surface area contributed by atoms with Crippen molar-refractivity contribution in [2.24, 2.45) is 0 Å². The van der Waals surface area contributed by atoms with Crippen LogP contribution >= 0.6 is 0 Å². The van der Waals surface area contributed by atoms with Crippen molar-refractivity contribution < 1.29 is 13.9 Å². The summed E-state index contributed by atoms with van der Waals surface area (Å²) in [6.07, 6.45) is 3.86. The van der Waals surface area contributed by atoms with Crippen LogP contribution in [0.5, 0.6) is 5.75 Å². The number of amides is 1. The number of piperazine rings is 1. The van der Waals surface area contributed by atoms with Crippen molar-refractivity contribution in [3.8, 4) is 5.75 Å². The van der Waals surface area contributed by atoms with Gasteiger partial charge in [-0.2, -0.15) is 0 Å². The van der Waals surface area contributed by atoms with E-state index in [0.29, 0.717) is 31.9 Å². The van der Waals surface area contributed by atoms with Crippen LogP contribution in [0.1, 0.15) is 29.2 Å². The van der Waals surface area contributed by atoms with E-state index < -0.39 is 0 Å². The van der Waals surface area contributed by atoms with Crippen LogP contribution in [0.3, 0.4) is 0 Å². The van der Waals surface area contributed by atoms with Crippen LogP contribution in [0.15, 0.2) is 91.0 Å². The fourth-order valence-corrected chi connectivity index (χ4v) is 4.28. The Labute approximate surface area is 201 Å². The van der Waals surface area contributed by atoms with Crippen molar-refractivity contribution in [1.82, 2.24) is 9.80 Å². The third-order valence-corrected chi connectivity index (χ3v) is 6.07. The second-order valence-corrected chi connectivity index (χ2v) is 8.38. The molecule has 0 atom stereocenters. The zero-order chi connectivity index (χ0) is 23.6. The molecular weight excluding hydrogens is 427 g/mol. The van der Waals surface area contributed by atoms with Gasteiger partial charge >= 0.3 is 0 Å². The van der Waals surface area contributed by atoms with Crippen LogP contribution in [0.25, 0.3) is 6.08 Å². The first-order valence-electron chi connectivity index (χ1n) is 11.8. The van der Waals surface area contributed by atoms with Crippen molar-refractivity contribution >= 4 is 12.0 Å².